The number of hydrogen-bond acceptors (Lipinski definition) is 7. The summed E-state index contributed by atoms with van der Waals surface area (Å²) in [6, 6.07) is -2.01. The Labute approximate surface area is 207 Å². The summed E-state index contributed by atoms with van der Waals surface area (Å²) in [7, 11) is -4.14. The summed E-state index contributed by atoms with van der Waals surface area (Å²) in [5, 5.41) is 20.9. The number of aromatic nitrogens is 3. The molecule has 0 spiro atoms. The van der Waals surface area contributed by atoms with E-state index in [1.165, 1.54) is 9.58 Å². The van der Waals surface area contributed by atoms with Crippen molar-refractivity contribution in [1.29, 1.82) is 0 Å². The largest absolute Gasteiger partial charge is 0.393 e. The number of hydrogen-bond donors (Lipinski definition) is 2. The number of aliphatic hydroxyl groups is 1. The highest BCUT2D eigenvalue weighted by atomic mass is 32.2. The van der Waals surface area contributed by atoms with Crippen molar-refractivity contribution >= 4 is 21.7 Å². The molecule has 1 aliphatic heterocycles. The van der Waals surface area contributed by atoms with Crippen molar-refractivity contribution in [3.63, 3.8) is 0 Å². The third-order valence-corrected chi connectivity index (χ3v) is 9.50. The van der Waals surface area contributed by atoms with Crippen LogP contribution in [0.25, 0.3) is 0 Å². The minimum Gasteiger partial charge on any atom is -0.391 e. The van der Waals surface area contributed by atoms with Crippen LogP contribution in [0, 0.1) is 11.3 Å². The Kier molecular flexibility index (Phi) is 6.47. The second-order valence-electron chi connectivity index (χ2n) is 11.4. The van der Waals surface area contributed by atoms with Gasteiger partial charge in [-0.2, -0.15) is 13.2 Å². The fourth-order valence-electron chi connectivity index (χ4n) is 5.12. The van der Waals surface area contributed by atoms with Gasteiger partial charge in [0, 0.05) is 37.9 Å². The zero-order chi connectivity index (χ0) is 26.8. The molecule has 0 radical (unpaired) electrons. The minimum absolute atomic E-state index is 0.117. The molecule has 2 aliphatic carbocycles. The Morgan fingerprint density at radius 1 is 1.28 bits per heavy atom. The van der Waals surface area contributed by atoms with Crippen molar-refractivity contribution in [2.45, 2.75) is 81.5 Å². The van der Waals surface area contributed by atoms with Crippen molar-refractivity contribution in [2.24, 2.45) is 11.3 Å². The molecule has 3 fully saturated rings. The summed E-state index contributed by atoms with van der Waals surface area (Å²) < 4.78 is 63.4. The van der Waals surface area contributed by atoms with Crippen LogP contribution >= 0.6 is 0 Å². The van der Waals surface area contributed by atoms with Crippen LogP contribution in [0.4, 0.5) is 13.2 Å². The molecule has 2 saturated carbocycles. The van der Waals surface area contributed by atoms with Crippen LogP contribution in [0.2, 0.25) is 0 Å². The van der Waals surface area contributed by atoms with Gasteiger partial charge in [-0.05, 0) is 24.7 Å². The zero-order valence-electron chi connectivity index (χ0n) is 20.6. The van der Waals surface area contributed by atoms with E-state index >= 15 is 0 Å². The first-order valence-electron chi connectivity index (χ1n) is 11.9. The van der Waals surface area contributed by atoms with Crippen LogP contribution < -0.4 is 5.32 Å². The maximum atomic E-state index is 13.7. The van der Waals surface area contributed by atoms with Crippen molar-refractivity contribution in [1.82, 2.24) is 25.2 Å². The highest BCUT2D eigenvalue weighted by Gasteiger charge is 2.72. The summed E-state index contributed by atoms with van der Waals surface area (Å²) in [5.74, 6) is -3.04. The number of nitrogens with one attached hydrogen (secondary N) is 1. The van der Waals surface area contributed by atoms with Gasteiger partial charge in [-0.15, -0.1) is 5.10 Å². The highest BCUT2D eigenvalue weighted by Crippen LogP contribution is 2.57. The van der Waals surface area contributed by atoms with E-state index in [4.69, 9.17) is 0 Å². The smallest absolute Gasteiger partial charge is 0.391 e. The second kappa shape index (κ2) is 8.67. The van der Waals surface area contributed by atoms with Gasteiger partial charge in [0.1, 0.15) is 16.8 Å². The van der Waals surface area contributed by atoms with Gasteiger partial charge in [0.15, 0.2) is 9.84 Å². The first kappa shape index (κ1) is 26.8. The van der Waals surface area contributed by atoms with Gasteiger partial charge in [0.05, 0.1) is 17.7 Å². The number of likely N-dealkylation sites (tertiary alicyclic amines) is 1. The van der Waals surface area contributed by atoms with Crippen LogP contribution in [-0.2, 0) is 19.4 Å². The molecule has 2 N–H and O–H groups in total. The maximum absolute atomic E-state index is 13.7. The second-order valence-corrected chi connectivity index (χ2v) is 13.8. The number of sulfone groups is 1. The third-order valence-electron chi connectivity index (χ3n) is 7.43. The molecule has 1 saturated heterocycles. The normalized spacial score (nSPS) is 29.8. The lowest BCUT2D eigenvalue weighted by molar-refractivity contribution is -0.150. The molecule has 3 aliphatic rings. The monoisotopic (exact) mass is 535 g/mol. The molecule has 2 heterocycles. The van der Waals surface area contributed by atoms with Gasteiger partial charge in [-0.25, -0.2) is 13.1 Å². The fraction of sp³-hybridized carbons (Fsp3) is 0.818. The Bertz CT molecular complexity index is 1140. The van der Waals surface area contributed by atoms with Crippen LogP contribution in [-0.4, -0.2) is 87.6 Å². The topological polar surface area (TPSA) is 134 Å². The molecule has 1 aromatic heterocycles. The Morgan fingerprint density at radius 3 is 2.42 bits per heavy atom. The summed E-state index contributed by atoms with van der Waals surface area (Å²) in [6.07, 6.45) is -2.04. The summed E-state index contributed by atoms with van der Waals surface area (Å²) in [6.45, 7) is 4.62. The van der Waals surface area contributed by atoms with E-state index in [9.17, 15) is 36.3 Å². The Balaban J connectivity index is 1.52. The molecule has 0 unspecified atom stereocenters. The van der Waals surface area contributed by atoms with Crippen molar-refractivity contribution in [3.8, 4) is 0 Å². The Morgan fingerprint density at radius 2 is 1.92 bits per heavy atom. The number of β-amino-alcohol motifs (C(OH)–C–C–N with tert-alkyl or cyclic N) is 1. The summed E-state index contributed by atoms with van der Waals surface area (Å²) in [4.78, 5) is 28.0. The highest BCUT2D eigenvalue weighted by molar-refractivity contribution is 7.92. The number of carbonyl (C=O) groups is 2. The van der Waals surface area contributed by atoms with E-state index < -0.39 is 75.1 Å². The quantitative estimate of drug-likeness (QED) is 0.536. The predicted octanol–water partition coefficient (Wildman–Crippen LogP) is 1.19. The van der Waals surface area contributed by atoms with E-state index in [1.807, 2.05) is 20.8 Å². The average Bonchev–Trinajstić information content (AvgIpc) is 3.62. The van der Waals surface area contributed by atoms with Crippen LogP contribution in [0.3, 0.4) is 0 Å². The predicted molar refractivity (Wildman–Crippen MR) is 121 cm³/mol. The zero-order valence-corrected chi connectivity index (χ0v) is 21.4. The van der Waals surface area contributed by atoms with E-state index in [1.54, 1.807) is 6.20 Å². The van der Waals surface area contributed by atoms with Gasteiger partial charge in [0.2, 0.25) is 11.8 Å². The molecule has 36 heavy (non-hydrogen) atoms. The first-order chi connectivity index (χ1) is 16.5. The van der Waals surface area contributed by atoms with Crippen LogP contribution in [0.1, 0.15) is 64.1 Å². The molecular weight excluding hydrogens is 503 g/mol. The van der Waals surface area contributed by atoms with Crippen molar-refractivity contribution in [3.05, 3.63) is 11.9 Å². The minimum atomic E-state index is -4.71. The number of rotatable bonds is 7. The van der Waals surface area contributed by atoms with E-state index in [2.05, 4.69) is 15.6 Å². The molecule has 0 bridgehead atoms. The molecule has 1 aromatic rings. The molecule has 4 rings (SSSR count). The molecule has 2 amide bonds. The molecular formula is C22H32F3N5O5S. The number of halogens is 3. The average molecular weight is 536 g/mol. The third kappa shape index (κ3) is 4.98. The van der Waals surface area contributed by atoms with E-state index in [0.29, 0.717) is 5.92 Å². The lowest BCUT2D eigenvalue weighted by Crippen LogP contribution is -2.52. The van der Waals surface area contributed by atoms with Crippen molar-refractivity contribution in [2.75, 3.05) is 19.3 Å². The molecule has 14 heteroatoms. The molecule has 202 valence electrons. The van der Waals surface area contributed by atoms with Crippen LogP contribution in [0.15, 0.2) is 6.20 Å². The lowest BCUT2D eigenvalue weighted by Gasteiger charge is -2.34. The van der Waals surface area contributed by atoms with Crippen LogP contribution in [0.5, 0.6) is 0 Å². The number of aliphatic hydroxyl groups excluding tert-OH is 1. The SMILES string of the molecule is CC(C)(C)[C@@H](C(=O)N1C[C@H](O)C[C@H]1C(=O)NC[C@]1(S(C)(=O)=O)C[C@@H]1C(F)(F)F)n1cc(C2CC2)nn1. The molecule has 10 nitrogen and oxygen atoms in total. The van der Waals surface area contributed by atoms with Gasteiger partial charge >= 0.3 is 6.18 Å². The van der Waals surface area contributed by atoms with Crippen molar-refractivity contribution < 1.29 is 36.3 Å². The molecule has 0 aromatic carbocycles. The van der Waals surface area contributed by atoms with E-state index in [-0.39, 0.29) is 13.0 Å². The first-order valence-corrected chi connectivity index (χ1v) is 13.8. The van der Waals surface area contributed by atoms with Gasteiger partial charge in [-0.1, -0.05) is 26.0 Å². The fourth-order valence-corrected chi connectivity index (χ4v) is 6.57. The molecule has 5 atom stereocenters. The number of alkyl halides is 3. The van der Waals surface area contributed by atoms with Gasteiger partial charge in [0.25, 0.3) is 0 Å². The van der Waals surface area contributed by atoms with Gasteiger partial charge in [-0.3, -0.25) is 9.59 Å². The standard InChI is InChI=1S/C22H32F3N5O5S/c1-20(2,3)17(30-10-14(27-28-30)12-5-6-12)19(33)29-9-13(31)7-15(29)18(32)26-11-21(36(4,34)35)8-16(21)22(23,24)25/h10,12-13,15-17,31H,5-9,11H2,1-4H3,(H,26,32)/t13-,15+,16+,17-,21-/m1/s1. The van der Waals surface area contributed by atoms with E-state index in [0.717, 1.165) is 24.8 Å². The maximum Gasteiger partial charge on any atom is 0.393 e. The summed E-state index contributed by atoms with van der Waals surface area (Å²) in [5.41, 5.74) is 0.136. The number of carbonyl (C=O) groups excluding carboxylic acids is 2. The summed E-state index contributed by atoms with van der Waals surface area (Å²) >= 11 is 0. The number of nitrogens with zero attached hydrogens (tertiary/aromatic N) is 4. The number of amides is 2. The lowest BCUT2D eigenvalue weighted by atomic mass is 9.85. The van der Waals surface area contributed by atoms with Gasteiger partial charge < -0.3 is 15.3 Å². The Hall–Kier alpha value is -2.22.